The predicted octanol–water partition coefficient (Wildman–Crippen LogP) is 4.05. The second-order valence-electron chi connectivity index (χ2n) is 5.67. The predicted molar refractivity (Wildman–Crippen MR) is 95.4 cm³/mol. The molecule has 5 nitrogen and oxygen atoms in total. The fourth-order valence-electron chi connectivity index (χ4n) is 2.65. The topological polar surface area (TPSA) is 48.5 Å². The molecule has 3 rings (SSSR count). The van der Waals surface area contributed by atoms with Gasteiger partial charge in [-0.25, -0.2) is 9.78 Å². The van der Waals surface area contributed by atoms with Crippen molar-refractivity contribution in [2.24, 2.45) is 0 Å². The molecule has 26 heavy (non-hydrogen) atoms. The van der Waals surface area contributed by atoms with E-state index >= 15 is 0 Å². The van der Waals surface area contributed by atoms with Gasteiger partial charge >= 0.3 is 11.5 Å². The zero-order valence-electron chi connectivity index (χ0n) is 13.7. The summed E-state index contributed by atoms with van der Waals surface area (Å²) in [5, 5.41) is 2.66. The van der Waals surface area contributed by atoms with Gasteiger partial charge in [0.2, 0.25) is 0 Å². The molecule has 0 spiro atoms. The summed E-state index contributed by atoms with van der Waals surface area (Å²) in [6, 6.07) is 11.1. The average molecular weight is 382 g/mol. The average Bonchev–Trinajstić information content (AvgIpc) is 2.61. The van der Waals surface area contributed by atoms with Crippen molar-refractivity contribution < 1.29 is 18.0 Å². The molecule has 1 aliphatic heterocycles. The number of benzene rings is 1. The number of aromatic nitrogens is 1. The Kier molecular flexibility index (Phi) is 5.55. The number of thioether (sulfide) groups is 1. The maximum atomic E-state index is 12.5. The molecule has 1 aliphatic rings. The van der Waals surface area contributed by atoms with Crippen molar-refractivity contribution in [1.29, 1.82) is 0 Å². The van der Waals surface area contributed by atoms with Crippen molar-refractivity contribution in [1.82, 2.24) is 9.88 Å². The number of hydrogen-bond donors (Lipinski definition) is 1. The number of pyridine rings is 1. The van der Waals surface area contributed by atoms with Crippen LogP contribution in [0.3, 0.4) is 0 Å². The Bertz CT molecular complexity index is 749. The van der Waals surface area contributed by atoms with E-state index in [2.05, 4.69) is 15.2 Å². The highest BCUT2D eigenvalue weighted by Crippen LogP contribution is 2.37. The molecule has 1 aromatic carbocycles. The number of urea groups is 1. The number of nitrogens with zero attached hydrogens (tertiary/aromatic N) is 3. The molecule has 0 saturated carbocycles. The number of hydrogen-bond acceptors (Lipinski definition) is 4. The van der Waals surface area contributed by atoms with Crippen molar-refractivity contribution >= 4 is 29.3 Å². The summed E-state index contributed by atoms with van der Waals surface area (Å²) in [5.74, 6) is 0.865. The second kappa shape index (κ2) is 7.86. The number of halogens is 3. The zero-order chi connectivity index (χ0) is 18.6. The summed E-state index contributed by atoms with van der Waals surface area (Å²) in [5.41, 5.74) is -4.01. The van der Waals surface area contributed by atoms with E-state index in [-0.39, 0.29) is 22.7 Å². The van der Waals surface area contributed by atoms with E-state index in [0.29, 0.717) is 31.9 Å². The van der Waals surface area contributed by atoms with E-state index < -0.39 is 5.51 Å². The highest BCUT2D eigenvalue weighted by atomic mass is 32.2. The van der Waals surface area contributed by atoms with E-state index in [4.69, 9.17) is 0 Å². The Morgan fingerprint density at radius 1 is 1.08 bits per heavy atom. The van der Waals surface area contributed by atoms with E-state index in [1.54, 1.807) is 17.2 Å². The summed E-state index contributed by atoms with van der Waals surface area (Å²) in [6.07, 6.45) is 1.72. The third kappa shape index (κ3) is 5.04. The number of nitrogens with one attached hydrogen (secondary N) is 1. The molecule has 1 fully saturated rings. The van der Waals surface area contributed by atoms with Crippen molar-refractivity contribution in [3.63, 3.8) is 0 Å². The van der Waals surface area contributed by atoms with Crippen LogP contribution < -0.4 is 10.2 Å². The molecule has 0 unspecified atom stereocenters. The van der Waals surface area contributed by atoms with E-state index in [0.717, 1.165) is 5.82 Å². The molecule has 0 bridgehead atoms. The van der Waals surface area contributed by atoms with Gasteiger partial charge < -0.3 is 15.1 Å². The summed E-state index contributed by atoms with van der Waals surface area (Å²) in [6.45, 7) is 2.32. The van der Waals surface area contributed by atoms with Gasteiger partial charge in [-0.1, -0.05) is 12.1 Å². The highest BCUT2D eigenvalue weighted by Gasteiger charge is 2.29. The molecular formula is C17H17F3N4OS. The van der Waals surface area contributed by atoms with E-state index in [1.807, 2.05) is 18.2 Å². The van der Waals surface area contributed by atoms with Crippen LogP contribution in [0.25, 0.3) is 0 Å². The van der Waals surface area contributed by atoms with Crippen LogP contribution in [-0.2, 0) is 0 Å². The first kappa shape index (κ1) is 18.4. The van der Waals surface area contributed by atoms with Crippen LogP contribution in [0.4, 0.5) is 29.5 Å². The normalized spacial score (nSPS) is 15.0. The lowest BCUT2D eigenvalue weighted by atomic mass is 10.3. The van der Waals surface area contributed by atoms with Crippen molar-refractivity contribution in [2.45, 2.75) is 10.4 Å². The third-order valence-electron chi connectivity index (χ3n) is 3.86. The van der Waals surface area contributed by atoms with Crippen LogP contribution >= 0.6 is 11.8 Å². The van der Waals surface area contributed by atoms with Gasteiger partial charge in [-0.05, 0) is 42.1 Å². The van der Waals surface area contributed by atoms with Crippen LogP contribution in [0.2, 0.25) is 0 Å². The molecule has 2 heterocycles. The van der Waals surface area contributed by atoms with Crippen molar-refractivity contribution in [3.05, 3.63) is 48.7 Å². The Morgan fingerprint density at radius 2 is 1.85 bits per heavy atom. The molecule has 1 saturated heterocycles. The van der Waals surface area contributed by atoms with Gasteiger partial charge in [-0.3, -0.25) is 0 Å². The summed E-state index contributed by atoms with van der Waals surface area (Å²) in [7, 11) is 0. The fourth-order valence-corrected chi connectivity index (χ4v) is 3.25. The van der Waals surface area contributed by atoms with Crippen LogP contribution in [0.5, 0.6) is 0 Å². The maximum absolute atomic E-state index is 12.5. The van der Waals surface area contributed by atoms with Gasteiger partial charge in [0.05, 0.1) is 0 Å². The van der Waals surface area contributed by atoms with Gasteiger partial charge in [0.15, 0.2) is 0 Å². The lowest BCUT2D eigenvalue weighted by Gasteiger charge is -2.35. The van der Waals surface area contributed by atoms with Crippen LogP contribution in [0.15, 0.2) is 53.6 Å². The first-order chi connectivity index (χ1) is 12.4. The smallest absolute Gasteiger partial charge is 0.353 e. The number of carbonyl (C=O) groups is 1. The molecular weight excluding hydrogens is 365 g/mol. The number of anilines is 2. The number of alkyl halides is 3. The Labute approximate surface area is 153 Å². The first-order valence-electron chi connectivity index (χ1n) is 7.98. The lowest BCUT2D eigenvalue weighted by molar-refractivity contribution is -0.0328. The van der Waals surface area contributed by atoms with E-state index in [1.165, 1.54) is 18.2 Å². The minimum atomic E-state index is -4.36. The monoisotopic (exact) mass is 382 g/mol. The minimum Gasteiger partial charge on any atom is -0.353 e. The van der Waals surface area contributed by atoms with Gasteiger partial charge in [-0.15, -0.1) is 0 Å². The molecule has 2 aromatic rings. The molecule has 0 radical (unpaired) electrons. The molecule has 0 aliphatic carbocycles. The summed E-state index contributed by atoms with van der Waals surface area (Å²) < 4.78 is 37.4. The van der Waals surface area contributed by atoms with Crippen LogP contribution in [0.1, 0.15) is 0 Å². The standard InChI is InChI=1S/C17H17F3N4OS/c18-17(19,20)26-14-5-3-4-13(12-14)22-16(25)24-10-8-23(9-11-24)15-6-1-2-7-21-15/h1-7,12H,8-11H2,(H,22,25). The van der Waals surface area contributed by atoms with Crippen molar-refractivity contribution in [2.75, 3.05) is 36.4 Å². The molecule has 138 valence electrons. The SMILES string of the molecule is O=C(Nc1cccc(SC(F)(F)F)c1)N1CCN(c2ccccn2)CC1. The largest absolute Gasteiger partial charge is 0.446 e. The Balaban J connectivity index is 1.55. The van der Waals surface area contributed by atoms with Gasteiger partial charge in [0, 0.05) is 43.0 Å². The van der Waals surface area contributed by atoms with Crippen LogP contribution in [0, 0.1) is 0 Å². The molecule has 1 N–H and O–H groups in total. The van der Waals surface area contributed by atoms with Crippen molar-refractivity contribution in [3.8, 4) is 0 Å². The molecule has 9 heteroatoms. The highest BCUT2D eigenvalue weighted by molar-refractivity contribution is 8.00. The molecule has 2 amide bonds. The first-order valence-corrected chi connectivity index (χ1v) is 8.80. The number of piperazine rings is 1. The second-order valence-corrected chi connectivity index (χ2v) is 6.81. The van der Waals surface area contributed by atoms with Gasteiger partial charge in [0.1, 0.15) is 5.82 Å². The van der Waals surface area contributed by atoms with E-state index in [9.17, 15) is 18.0 Å². The fraction of sp³-hybridized carbons (Fsp3) is 0.294. The summed E-state index contributed by atoms with van der Waals surface area (Å²) in [4.78, 5) is 20.4. The number of rotatable bonds is 3. The quantitative estimate of drug-likeness (QED) is 0.814. The Hall–Kier alpha value is -2.42. The lowest BCUT2D eigenvalue weighted by Crippen LogP contribution is -2.50. The third-order valence-corrected chi connectivity index (χ3v) is 4.58. The summed E-state index contributed by atoms with van der Waals surface area (Å²) >= 11 is -0.203. The van der Waals surface area contributed by atoms with Crippen LogP contribution in [-0.4, -0.2) is 47.6 Å². The molecule has 0 atom stereocenters. The Morgan fingerprint density at radius 3 is 2.50 bits per heavy atom. The number of amides is 2. The zero-order valence-corrected chi connectivity index (χ0v) is 14.6. The maximum Gasteiger partial charge on any atom is 0.446 e. The number of carbonyl (C=O) groups excluding carboxylic acids is 1. The van der Waals surface area contributed by atoms with Gasteiger partial charge in [-0.2, -0.15) is 13.2 Å². The van der Waals surface area contributed by atoms with Gasteiger partial charge in [0.25, 0.3) is 0 Å². The minimum absolute atomic E-state index is 0.0373. The molecule has 1 aromatic heterocycles.